The molecule has 0 spiro atoms. The molecule has 0 amide bonds. The van der Waals surface area contributed by atoms with E-state index in [2.05, 4.69) is 27.2 Å². The van der Waals surface area contributed by atoms with Crippen LogP contribution in [0.3, 0.4) is 0 Å². The minimum atomic E-state index is 0.756. The first-order valence-electron chi connectivity index (χ1n) is 6.89. The summed E-state index contributed by atoms with van der Waals surface area (Å²) in [6, 6.07) is 7.64. The number of rotatable bonds is 3. The molecule has 1 aromatic heterocycles. The maximum absolute atomic E-state index is 5.69. The van der Waals surface area contributed by atoms with Crippen LogP contribution in [0.5, 0.6) is 0 Å². The van der Waals surface area contributed by atoms with E-state index in [1.807, 2.05) is 30.5 Å². The summed E-state index contributed by atoms with van der Waals surface area (Å²) in [5.74, 6) is 0. The highest BCUT2D eigenvalue weighted by Crippen LogP contribution is 2.11. The molecular formula is C14H20N6. The fourth-order valence-corrected chi connectivity index (χ4v) is 2.36. The average molecular weight is 272 g/mol. The number of aromatic nitrogens is 3. The molecule has 1 aliphatic heterocycles. The highest BCUT2D eigenvalue weighted by Gasteiger charge is 2.15. The van der Waals surface area contributed by atoms with Crippen LogP contribution >= 0.6 is 0 Å². The second-order valence-corrected chi connectivity index (χ2v) is 5.33. The van der Waals surface area contributed by atoms with Gasteiger partial charge in [-0.15, -0.1) is 5.10 Å². The number of hydrogen-bond donors (Lipinski definition) is 1. The van der Waals surface area contributed by atoms with Crippen LogP contribution in [0.25, 0.3) is 5.69 Å². The first-order valence-corrected chi connectivity index (χ1v) is 6.89. The molecule has 0 radical (unpaired) electrons. The van der Waals surface area contributed by atoms with Crippen molar-refractivity contribution in [2.45, 2.75) is 6.54 Å². The Kier molecular flexibility index (Phi) is 3.66. The average Bonchev–Trinajstić information content (AvgIpc) is 2.91. The lowest BCUT2D eigenvalue weighted by atomic mass is 10.3. The molecule has 2 N–H and O–H groups in total. The minimum absolute atomic E-state index is 0.756. The summed E-state index contributed by atoms with van der Waals surface area (Å²) in [6.45, 7) is 5.28. The summed E-state index contributed by atoms with van der Waals surface area (Å²) < 4.78 is 1.80. The Bertz CT molecular complexity index is 553. The molecule has 3 rings (SSSR count). The number of likely N-dealkylation sites (N-methyl/N-ethyl adjacent to an activating group) is 1. The van der Waals surface area contributed by atoms with Gasteiger partial charge >= 0.3 is 0 Å². The molecule has 6 nitrogen and oxygen atoms in total. The lowest BCUT2D eigenvalue weighted by molar-refractivity contribution is 0.147. The Morgan fingerprint density at radius 1 is 1.10 bits per heavy atom. The number of hydrogen-bond acceptors (Lipinski definition) is 5. The summed E-state index contributed by atoms with van der Waals surface area (Å²) in [7, 11) is 2.16. The zero-order valence-corrected chi connectivity index (χ0v) is 11.7. The molecule has 0 aliphatic carbocycles. The van der Waals surface area contributed by atoms with E-state index in [1.165, 1.54) is 0 Å². The number of nitrogens with two attached hydrogens (primary N) is 1. The van der Waals surface area contributed by atoms with Crippen molar-refractivity contribution in [2.75, 3.05) is 39.0 Å². The summed E-state index contributed by atoms with van der Waals surface area (Å²) >= 11 is 0. The normalized spacial score (nSPS) is 17.4. The van der Waals surface area contributed by atoms with Crippen LogP contribution in [-0.2, 0) is 6.54 Å². The highest BCUT2D eigenvalue weighted by molar-refractivity contribution is 5.44. The van der Waals surface area contributed by atoms with E-state index in [4.69, 9.17) is 5.73 Å². The van der Waals surface area contributed by atoms with Gasteiger partial charge in [-0.3, -0.25) is 4.90 Å². The van der Waals surface area contributed by atoms with Gasteiger partial charge in [0.2, 0.25) is 0 Å². The molecule has 6 heteroatoms. The number of anilines is 1. The zero-order valence-electron chi connectivity index (χ0n) is 11.7. The van der Waals surface area contributed by atoms with Crippen molar-refractivity contribution in [1.82, 2.24) is 24.8 Å². The first kappa shape index (κ1) is 13.1. The van der Waals surface area contributed by atoms with Crippen LogP contribution in [0.1, 0.15) is 5.69 Å². The fraction of sp³-hybridized carbons (Fsp3) is 0.429. The van der Waals surface area contributed by atoms with Crippen LogP contribution < -0.4 is 5.73 Å². The van der Waals surface area contributed by atoms with Crippen LogP contribution in [0.2, 0.25) is 0 Å². The Hall–Kier alpha value is -1.92. The fourth-order valence-electron chi connectivity index (χ4n) is 2.36. The van der Waals surface area contributed by atoms with Crippen molar-refractivity contribution >= 4 is 5.69 Å². The summed E-state index contributed by atoms with van der Waals surface area (Å²) in [5, 5.41) is 8.44. The van der Waals surface area contributed by atoms with Gasteiger partial charge in [0.15, 0.2) is 0 Å². The molecule has 0 unspecified atom stereocenters. The van der Waals surface area contributed by atoms with Gasteiger partial charge in [-0.2, -0.15) is 0 Å². The Labute approximate surface area is 118 Å². The minimum Gasteiger partial charge on any atom is -0.399 e. The van der Waals surface area contributed by atoms with Gasteiger partial charge < -0.3 is 10.6 Å². The molecule has 1 aromatic carbocycles. The SMILES string of the molecule is CN1CCN(Cc2cn(-c3ccc(N)cc3)nn2)CC1. The molecular weight excluding hydrogens is 252 g/mol. The number of piperazine rings is 1. The lowest BCUT2D eigenvalue weighted by Gasteiger charge is -2.31. The van der Waals surface area contributed by atoms with E-state index in [0.29, 0.717) is 0 Å². The lowest BCUT2D eigenvalue weighted by Crippen LogP contribution is -2.43. The highest BCUT2D eigenvalue weighted by atomic mass is 15.4. The standard InChI is InChI=1S/C14H20N6/c1-18-6-8-19(9-7-18)10-13-11-20(17-16-13)14-4-2-12(15)3-5-14/h2-5,11H,6-10,15H2,1H3. The van der Waals surface area contributed by atoms with E-state index in [9.17, 15) is 0 Å². The van der Waals surface area contributed by atoms with Crippen molar-refractivity contribution in [3.63, 3.8) is 0 Å². The van der Waals surface area contributed by atoms with E-state index in [1.54, 1.807) is 4.68 Å². The number of nitrogens with zero attached hydrogens (tertiary/aromatic N) is 5. The molecule has 1 aliphatic rings. The molecule has 1 saturated heterocycles. The van der Waals surface area contributed by atoms with E-state index in [-0.39, 0.29) is 0 Å². The van der Waals surface area contributed by atoms with Crippen molar-refractivity contribution < 1.29 is 0 Å². The zero-order chi connectivity index (χ0) is 13.9. The van der Waals surface area contributed by atoms with Crippen LogP contribution in [0, 0.1) is 0 Å². The van der Waals surface area contributed by atoms with Gasteiger partial charge in [0.1, 0.15) is 0 Å². The summed E-state index contributed by atoms with van der Waals surface area (Å²) in [5.41, 5.74) is 8.43. The third-order valence-electron chi connectivity index (χ3n) is 3.68. The predicted molar refractivity (Wildman–Crippen MR) is 78.5 cm³/mol. The Morgan fingerprint density at radius 3 is 2.50 bits per heavy atom. The van der Waals surface area contributed by atoms with Crippen molar-refractivity contribution in [3.8, 4) is 5.69 Å². The summed E-state index contributed by atoms with van der Waals surface area (Å²) in [6.07, 6.45) is 1.99. The second-order valence-electron chi connectivity index (χ2n) is 5.33. The number of nitrogen functional groups attached to an aromatic ring is 1. The van der Waals surface area contributed by atoms with Gasteiger partial charge in [-0.1, -0.05) is 5.21 Å². The molecule has 0 saturated carbocycles. The molecule has 1 fully saturated rings. The molecule has 0 atom stereocenters. The Balaban J connectivity index is 1.66. The van der Waals surface area contributed by atoms with Gasteiger partial charge in [0.25, 0.3) is 0 Å². The quantitative estimate of drug-likeness (QED) is 0.829. The van der Waals surface area contributed by atoms with Gasteiger partial charge in [0, 0.05) is 38.4 Å². The van der Waals surface area contributed by atoms with Gasteiger partial charge in [0.05, 0.1) is 17.6 Å². The Morgan fingerprint density at radius 2 is 1.80 bits per heavy atom. The van der Waals surface area contributed by atoms with Crippen molar-refractivity contribution in [3.05, 3.63) is 36.2 Å². The third kappa shape index (κ3) is 2.97. The smallest absolute Gasteiger partial charge is 0.0971 e. The van der Waals surface area contributed by atoms with E-state index in [0.717, 1.165) is 49.8 Å². The monoisotopic (exact) mass is 272 g/mol. The maximum atomic E-state index is 5.69. The van der Waals surface area contributed by atoms with Crippen LogP contribution in [0.15, 0.2) is 30.5 Å². The van der Waals surface area contributed by atoms with Crippen LogP contribution in [0.4, 0.5) is 5.69 Å². The second kappa shape index (κ2) is 5.60. The largest absolute Gasteiger partial charge is 0.399 e. The first-order chi connectivity index (χ1) is 9.70. The van der Waals surface area contributed by atoms with E-state index < -0.39 is 0 Å². The van der Waals surface area contributed by atoms with E-state index >= 15 is 0 Å². The van der Waals surface area contributed by atoms with Gasteiger partial charge in [-0.05, 0) is 31.3 Å². The molecule has 2 heterocycles. The third-order valence-corrected chi connectivity index (χ3v) is 3.68. The molecule has 20 heavy (non-hydrogen) atoms. The van der Waals surface area contributed by atoms with Crippen LogP contribution in [-0.4, -0.2) is 58.0 Å². The van der Waals surface area contributed by atoms with Gasteiger partial charge in [-0.25, -0.2) is 4.68 Å². The van der Waals surface area contributed by atoms with Crippen molar-refractivity contribution in [2.24, 2.45) is 0 Å². The number of benzene rings is 1. The topological polar surface area (TPSA) is 63.2 Å². The molecule has 0 bridgehead atoms. The predicted octanol–water partition coefficient (Wildman–Crippen LogP) is 0.597. The molecule has 2 aromatic rings. The molecule has 106 valence electrons. The van der Waals surface area contributed by atoms with Crippen molar-refractivity contribution in [1.29, 1.82) is 0 Å². The maximum Gasteiger partial charge on any atom is 0.0971 e. The summed E-state index contributed by atoms with van der Waals surface area (Å²) in [4.78, 5) is 4.76.